The minimum Gasteiger partial charge on any atom is -0.476 e. The van der Waals surface area contributed by atoms with E-state index in [1.165, 1.54) is 0 Å². The highest BCUT2D eigenvalue weighted by Gasteiger charge is 2.36. The highest BCUT2D eigenvalue weighted by atomic mass is 79.9. The number of carbonyl (C=O) groups is 2. The summed E-state index contributed by atoms with van der Waals surface area (Å²) in [7, 11) is 0. The van der Waals surface area contributed by atoms with E-state index in [4.69, 9.17) is 9.47 Å². The zero-order chi connectivity index (χ0) is 24.3. The van der Waals surface area contributed by atoms with Crippen LogP contribution in [0.3, 0.4) is 0 Å². The molecular formula is C27H33BrO4. The van der Waals surface area contributed by atoms with E-state index in [-0.39, 0.29) is 11.2 Å². The van der Waals surface area contributed by atoms with Crippen molar-refractivity contribution in [2.45, 2.75) is 72.0 Å². The van der Waals surface area contributed by atoms with Gasteiger partial charge >= 0.3 is 5.97 Å². The Morgan fingerprint density at radius 2 is 1.47 bits per heavy atom. The first kappa shape index (κ1) is 25.9. The largest absolute Gasteiger partial charge is 0.476 e. The second-order valence-corrected chi connectivity index (χ2v) is 11.2. The van der Waals surface area contributed by atoms with E-state index < -0.39 is 17.2 Å². The van der Waals surface area contributed by atoms with Crippen molar-refractivity contribution in [3.8, 4) is 5.75 Å². The van der Waals surface area contributed by atoms with Crippen LogP contribution in [0, 0.1) is 0 Å². The van der Waals surface area contributed by atoms with E-state index in [1.54, 1.807) is 38.1 Å². The highest BCUT2D eigenvalue weighted by Crippen LogP contribution is 2.35. The van der Waals surface area contributed by atoms with E-state index in [1.807, 2.05) is 51.1 Å². The summed E-state index contributed by atoms with van der Waals surface area (Å²) >= 11 is 3.38. The molecular weight excluding hydrogens is 468 g/mol. The molecule has 0 saturated heterocycles. The predicted octanol–water partition coefficient (Wildman–Crippen LogP) is 7.14. The van der Waals surface area contributed by atoms with Gasteiger partial charge in [0, 0.05) is 15.6 Å². The van der Waals surface area contributed by atoms with Crippen LogP contribution in [0.4, 0.5) is 0 Å². The maximum absolute atomic E-state index is 12.6. The lowest BCUT2D eigenvalue weighted by molar-refractivity contribution is -0.171. The maximum Gasteiger partial charge on any atom is 0.350 e. The lowest BCUT2D eigenvalue weighted by atomic mass is 9.85. The van der Waals surface area contributed by atoms with Gasteiger partial charge in [-0.15, -0.1) is 0 Å². The number of hydrogen-bond donors (Lipinski definition) is 0. The molecule has 0 aromatic heterocycles. The molecule has 4 nitrogen and oxygen atoms in total. The molecule has 0 radical (unpaired) electrons. The van der Waals surface area contributed by atoms with Gasteiger partial charge in [0.2, 0.25) is 0 Å². The van der Waals surface area contributed by atoms with Crippen LogP contribution < -0.4 is 4.74 Å². The lowest BCUT2D eigenvalue weighted by Crippen LogP contribution is -2.43. The fraction of sp³-hybridized carbons (Fsp3) is 0.407. The number of esters is 1. The molecule has 0 unspecified atom stereocenters. The molecule has 0 heterocycles. The van der Waals surface area contributed by atoms with Crippen molar-refractivity contribution >= 4 is 33.8 Å². The van der Waals surface area contributed by atoms with Crippen LogP contribution in [0.2, 0.25) is 0 Å². The molecule has 5 heteroatoms. The number of rotatable bonds is 6. The third kappa shape index (κ3) is 7.33. The first-order valence-corrected chi connectivity index (χ1v) is 11.4. The summed E-state index contributed by atoms with van der Waals surface area (Å²) in [6.45, 7) is 15.1. The maximum atomic E-state index is 12.6. The number of benzene rings is 2. The molecule has 0 aliphatic rings. The molecule has 0 saturated carbocycles. The van der Waals surface area contributed by atoms with Crippen molar-refractivity contribution in [1.82, 2.24) is 0 Å². The standard InChI is InChI=1S/C27H33BrO4/c1-25(2,3)21-17-18(9-15-22(29)19-11-13-20(28)14-12-19)10-16-23(21)31-27(7,8)24(30)32-26(4,5)6/h9-17H,1-8H3. The van der Waals surface area contributed by atoms with Crippen LogP contribution in [-0.4, -0.2) is 23.0 Å². The van der Waals surface area contributed by atoms with Gasteiger partial charge in [-0.05, 0) is 88.1 Å². The Morgan fingerprint density at radius 3 is 2.00 bits per heavy atom. The fourth-order valence-corrected chi connectivity index (χ4v) is 3.19. The Kier molecular flexibility index (Phi) is 7.77. The number of hydrogen-bond acceptors (Lipinski definition) is 4. The van der Waals surface area contributed by atoms with Crippen LogP contribution in [-0.2, 0) is 14.9 Å². The van der Waals surface area contributed by atoms with E-state index in [9.17, 15) is 9.59 Å². The Balaban J connectivity index is 2.30. The van der Waals surface area contributed by atoms with E-state index >= 15 is 0 Å². The van der Waals surface area contributed by atoms with Crippen LogP contribution in [0.15, 0.2) is 53.0 Å². The number of halogens is 1. The number of ether oxygens (including phenoxy) is 2. The first-order chi connectivity index (χ1) is 14.6. The number of allylic oxidation sites excluding steroid dienone is 1. The summed E-state index contributed by atoms with van der Waals surface area (Å²) in [5.41, 5.74) is 0.455. The van der Waals surface area contributed by atoms with Crippen LogP contribution >= 0.6 is 15.9 Å². The summed E-state index contributed by atoms with van der Waals surface area (Å²) in [5.74, 6) is 0.125. The Hall–Kier alpha value is -2.40. The smallest absolute Gasteiger partial charge is 0.350 e. The van der Waals surface area contributed by atoms with Crippen LogP contribution in [0.25, 0.3) is 6.08 Å². The van der Waals surface area contributed by atoms with Crippen molar-refractivity contribution in [3.63, 3.8) is 0 Å². The molecule has 0 amide bonds. The average Bonchev–Trinajstić information content (AvgIpc) is 2.65. The van der Waals surface area contributed by atoms with Gasteiger partial charge in [0.25, 0.3) is 0 Å². The molecule has 0 fully saturated rings. The van der Waals surface area contributed by atoms with Gasteiger partial charge in [0.15, 0.2) is 11.4 Å². The van der Waals surface area contributed by atoms with Gasteiger partial charge in [-0.2, -0.15) is 0 Å². The molecule has 2 rings (SSSR count). The molecule has 0 spiro atoms. The van der Waals surface area contributed by atoms with E-state index in [0.29, 0.717) is 11.3 Å². The summed E-state index contributed by atoms with van der Waals surface area (Å²) < 4.78 is 12.6. The molecule has 0 N–H and O–H groups in total. The summed E-state index contributed by atoms with van der Waals surface area (Å²) in [4.78, 5) is 25.1. The van der Waals surface area contributed by atoms with Crippen molar-refractivity contribution in [1.29, 1.82) is 0 Å². The van der Waals surface area contributed by atoms with Crippen molar-refractivity contribution in [2.75, 3.05) is 0 Å². The zero-order valence-corrected chi connectivity index (χ0v) is 21.8. The lowest BCUT2D eigenvalue weighted by Gasteiger charge is -2.31. The van der Waals surface area contributed by atoms with Gasteiger partial charge in [-0.3, -0.25) is 4.79 Å². The minimum absolute atomic E-state index is 0.0683. The summed E-state index contributed by atoms with van der Waals surface area (Å²) in [5, 5.41) is 0. The van der Waals surface area contributed by atoms with E-state index in [2.05, 4.69) is 36.7 Å². The molecule has 0 bridgehead atoms. The quantitative estimate of drug-likeness (QED) is 0.240. The second-order valence-electron chi connectivity index (χ2n) is 10.3. The molecule has 172 valence electrons. The van der Waals surface area contributed by atoms with Crippen LogP contribution in [0.5, 0.6) is 5.75 Å². The van der Waals surface area contributed by atoms with Gasteiger partial charge in [0.1, 0.15) is 11.4 Å². The molecule has 0 aliphatic carbocycles. The van der Waals surface area contributed by atoms with Crippen molar-refractivity contribution in [3.05, 3.63) is 69.7 Å². The van der Waals surface area contributed by atoms with Gasteiger partial charge in [0.05, 0.1) is 0 Å². The van der Waals surface area contributed by atoms with E-state index in [0.717, 1.165) is 15.6 Å². The topological polar surface area (TPSA) is 52.6 Å². The van der Waals surface area contributed by atoms with Gasteiger partial charge < -0.3 is 9.47 Å². The molecule has 2 aromatic carbocycles. The first-order valence-electron chi connectivity index (χ1n) is 10.6. The summed E-state index contributed by atoms with van der Waals surface area (Å²) in [6, 6.07) is 13.0. The number of carbonyl (C=O) groups excluding carboxylic acids is 2. The third-order valence-electron chi connectivity index (χ3n) is 4.62. The molecule has 2 aromatic rings. The SMILES string of the molecule is CC(C)(C)OC(=O)C(C)(C)Oc1ccc(C=CC(=O)c2ccc(Br)cc2)cc1C(C)(C)C. The Morgan fingerprint density at radius 1 is 0.875 bits per heavy atom. The summed E-state index contributed by atoms with van der Waals surface area (Å²) in [6.07, 6.45) is 3.36. The Bertz CT molecular complexity index is 1000. The zero-order valence-electron chi connectivity index (χ0n) is 20.2. The fourth-order valence-electron chi connectivity index (χ4n) is 2.93. The average molecular weight is 501 g/mol. The molecule has 0 atom stereocenters. The van der Waals surface area contributed by atoms with Gasteiger partial charge in [-0.25, -0.2) is 4.79 Å². The third-order valence-corrected chi connectivity index (χ3v) is 5.15. The van der Waals surface area contributed by atoms with Gasteiger partial charge in [-0.1, -0.05) is 48.8 Å². The van der Waals surface area contributed by atoms with Crippen LogP contribution in [0.1, 0.15) is 76.9 Å². The highest BCUT2D eigenvalue weighted by molar-refractivity contribution is 9.10. The monoisotopic (exact) mass is 500 g/mol. The predicted molar refractivity (Wildman–Crippen MR) is 133 cm³/mol. The molecule has 32 heavy (non-hydrogen) atoms. The second kappa shape index (κ2) is 9.62. The number of ketones is 1. The Labute approximate surface area is 200 Å². The normalized spacial score (nSPS) is 12.7. The van der Waals surface area contributed by atoms with Crippen molar-refractivity contribution < 1.29 is 19.1 Å². The van der Waals surface area contributed by atoms with Crippen molar-refractivity contribution in [2.24, 2.45) is 0 Å². The molecule has 0 aliphatic heterocycles. The minimum atomic E-state index is -1.15.